The van der Waals surface area contributed by atoms with Gasteiger partial charge in [-0.05, 0) is 12.7 Å². The number of thioether (sulfide) groups is 1. The van der Waals surface area contributed by atoms with Crippen molar-refractivity contribution in [2.45, 2.75) is 17.6 Å². The van der Waals surface area contributed by atoms with Crippen LogP contribution in [-0.4, -0.2) is 31.8 Å². The largest absolute Gasteiger partial charge is 0.465 e. The van der Waals surface area contributed by atoms with Crippen molar-refractivity contribution < 1.29 is 14.3 Å². The fourth-order valence-electron chi connectivity index (χ4n) is 1.35. The first-order chi connectivity index (χ1) is 8.56. The molecule has 1 amide bonds. The van der Waals surface area contributed by atoms with Gasteiger partial charge in [0.05, 0.1) is 17.0 Å². The van der Waals surface area contributed by atoms with Crippen LogP contribution >= 0.6 is 23.1 Å². The van der Waals surface area contributed by atoms with Crippen molar-refractivity contribution in [2.75, 3.05) is 25.6 Å². The lowest BCUT2D eigenvalue weighted by Gasteiger charge is -2.02. The Bertz CT molecular complexity index is 457. The molecular formula is C11H16N2O3S2. The van der Waals surface area contributed by atoms with Crippen molar-refractivity contribution in [1.82, 2.24) is 5.32 Å². The summed E-state index contributed by atoms with van der Waals surface area (Å²) >= 11 is 2.59. The SMILES string of the molecule is CCCNC(=O)c1sc(SC)c(C(=O)OC)c1N. The van der Waals surface area contributed by atoms with Gasteiger partial charge in [-0.2, -0.15) is 0 Å². The van der Waals surface area contributed by atoms with Gasteiger partial charge < -0.3 is 15.8 Å². The quantitative estimate of drug-likeness (QED) is 0.639. The van der Waals surface area contributed by atoms with E-state index in [1.807, 2.05) is 13.2 Å². The van der Waals surface area contributed by atoms with Crippen LogP contribution in [0.5, 0.6) is 0 Å². The van der Waals surface area contributed by atoms with Crippen LogP contribution in [0.3, 0.4) is 0 Å². The van der Waals surface area contributed by atoms with Crippen molar-refractivity contribution >= 4 is 40.7 Å². The third-order valence-electron chi connectivity index (χ3n) is 2.23. The zero-order valence-corrected chi connectivity index (χ0v) is 12.2. The number of nitrogens with two attached hydrogens (primary N) is 1. The monoisotopic (exact) mass is 288 g/mol. The Balaban J connectivity index is 3.12. The van der Waals surface area contributed by atoms with Gasteiger partial charge in [0.1, 0.15) is 10.4 Å². The van der Waals surface area contributed by atoms with Crippen LogP contribution in [0.15, 0.2) is 4.21 Å². The number of rotatable bonds is 5. The Morgan fingerprint density at radius 2 is 2.17 bits per heavy atom. The second kappa shape index (κ2) is 6.65. The Morgan fingerprint density at radius 3 is 2.67 bits per heavy atom. The maximum atomic E-state index is 11.9. The molecule has 0 bridgehead atoms. The predicted molar refractivity (Wildman–Crippen MR) is 74.5 cm³/mol. The summed E-state index contributed by atoms with van der Waals surface area (Å²) in [6, 6.07) is 0. The van der Waals surface area contributed by atoms with Gasteiger partial charge in [0.25, 0.3) is 5.91 Å². The molecule has 0 unspecified atom stereocenters. The highest BCUT2D eigenvalue weighted by molar-refractivity contribution is 8.00. The minimum Gasteiger partial charge on any atom is -0.465 e. The number of anilines is 1. The first kappa shape index (κ1) is 14.8. The smallest absolute Gasteiger partial charge is 0.342 e. The minimum absolute atomic E-state index is 0.199. The maximum absolute atomic E-state index is 11.9. The molecule has 0 fully saturated rings. The number of nitrogens with one attached hydrogen (secondary N) is 1. The molecule has 7 heteroatoms. The Kier molecular flexibility index (Phi) is 5.49. The van der Waals surface area contributed by atoms with Crippen LogP contribution in [0.2, 0.25) is 0 Å². The summed E-state index contributed by atoms with van der Waals surface area (Å²) in [5.41, 5.74) is 6.35. The number of carbonyl (C=O) groups excluding carboxylic acids is 2. The normalized spacial score (nSPS) is 10.2. The van der Waals surface area contributed by atoms with E-state index in [0.29, 0.717) is 15.6 Å². The summed E-state index contributed by atoms with van der Waals surface area (Å²) in [5, 5.41) is 2.74. The van der Waals surface area contributed by atoms with Gasteiger partial charge in [-0.1, -0.05) is 6.92 Å². The molecule has 0 spiro atoms. The summed E-state index contributed by atoms with van der Waals surface area (Å²) in [5.74, 6) is -0.757. The summed E-state index contributed by atoms with van der Waals surface area (Å²) in [6.07, 6.45) is 2.67. The highest BCUT2D eigenvalue weighted by atomic mass is 32.2. The summed E-state index contributed by atoms with van der Waals surface area (Å²) < 4.78 is 5.37. The van der Waals surface area contributed by atoms with Gasteiger partial charge in [0.15, 0.2) is 0 Å². The molecule has 0 atom stereocenters. The van der Waals surface area contributed by atoms with Gasteiger partial charge >= 0.3 is 5.97 Å². The lowest BCUT2D eigenvalue weighted by Crippen LogP contribution is -2.24. The van der Waals surface area contributed by atoms with Crippen LogP contribution in [0.1, 0.15) is 33.4 Å². The van der Waals surface area contributed by atoms with Crippen molar-refractivity contribution in [2.24, 2.45) is 0 Å². The number of esters is 1. The second-order valence-corrected chi connectivity index (χ2v) is 5.55. The van der Waals surface area contributed by atoms with Crippen molar-refractivity contribution in [1.29, 1.82) is 0 Å². The molecular weight excluding hydrogens is 272 g/mol. The van der Waals surface area contributed by atoms with Gasteiger partial charge in [0.2, 0.25) is 0 Å². The van der Waals surface area contributed by atoms with E-state index in [-0.39, 0.29) is 17.2 Å². The molecule has 1 aromatic heterocycles. The molecule has 18 heavy (non-hydrogen) atoms. The average molecular weight is 288 g/mol. The van der Waals surface area contributed by atoms with E-state index in [0.717, 1.165) is 6.42 Å². The summed E-state index contributed by atoms with van der Waals surface area (Å²) in [7, 11) is 1.29. The number of nitrogen functional groups attached to an aromatic ring is 1. The highest BCUT2D eigenvalue weighted by Gasteiger charge is 2.25. The number of thiophene rings is 1. The summed E-state index contributed by atoms with van der Waals surface area (Å²) in [6.45, 7) is 2.55. The molecule has 100 valence electrons. The standard InChI is InChI=1S/C11H16N2O3S2/c1-4-5-13-9(14)8-7(12)6(10(15)16-2)11(17-3)18-8/h4-5,12H2,1-3H3,(H,13,14). The Labute approximate surface area is 114 Å². The Morgan fingerprint density at radius 1 is 1.50 bits per heavy atom. The van der Waals surface area contributed by atoms with Crippen molar-refractivity contribution in [3.8, 4) is 0 Å². The molecule has 0 radical (unpaired) electrons. The topological polar surface area (TPSA) is 81.4 Å². The van der Waals surface area contributed by atoms with Gasteiger partial charge in [-0.3, -0.25) is 4.79 Å². The molecule has 0 saturated carbocycles. The molecule has 0 aliphatic carbocycles. The van der Waals surface area contributed by atoms with E-state index in [1.165, 1.54) is 30.2 Å². The molecule has 1 heterocycles. The van der Waals surface area contributed by atoms with E-state index >= 15 is 0 Å². The molecule has 1 rings (SSSR count). The van der Waals surface area contributed by atoms with E-state index in [9.17, 15) is 9.59 Å². The Hall–Kier alpha value is -1.21. The number of ether oxygens (including phenoxy) is 1. The third-order valence-corrected chi connectivity index (χ3v) is 4.55. The maximum Gasteiger partial charge on any atom is 0.342 e. The number of hydrogen-bond acceptors (Lipinski definition) is 6. The molecule has 3 N–H and O–H groups in total. The number of methoxy groups -OCH3 is 1. The van der Waals surface area contributed by atoms with Crippen molar-refractivity contribution in [3.63, 3.8) is 0 Å². The fraction of sp³-hybridized carbons (Fsp3) is 0.455. The van der Waals surface area contributed by atoms with Gasteiger partial charge in [-0.25, -0.2) is 4.79 Å². The fourth-order valence-corrected chi connectivity index (χ4v) is 3.19. The van der Waals surface area contributed by atoms with E-state index in [1.54, 1.807) is 0 Å². The third kappa shape index (κ3) is 2.97. The molecule has 5 nitrogen and oxygen atoms in total. The van der Waals surface area contributed by atoms with Crippen LogP contribution < -0.4 is 11.1 Å². The lowest BCUT2D eigenvalue weighted by molar-refractivity contribution is 0.0599. The number of hydrogen-bond donors (Lipinski definition) is 2. The van der Waals surface area contributed by atoms with Crippen LogP contribution in [0, 0.1) is 0 Å². The van der Waals surface area contributed by atoms with Gasteiger partial charge in [-0.15, -0.1) is 23.1 Å². The molecule has 0 saturated heterocycles. The lowest BCUT2D eigenvalue weighted by atomic mass is 10.2. The predicted octanol–water partition coefficient (Wildman–Crippen LogP) is 1.98. The first-order valence-corrected chi connectivity index (χ1v) is 7.43. The number of amides is 1. The number of carbonyl (C=O) groups is 2. The zero-order chi connectivity index (χ0) is 13.7. The van der Waals surface area contributed by atoms with E-state index in [4.69, 9.17) is 5.73 Å². The summed E-state index contributed by atoms with van der Waals surface area (Å²) in [4.78, 5) is 23.9. The van der Waals surface area contributed by atoms with Crippen LogP contribution in [0.25, 0.3) is 0 Å². The van der Waals surface area contributed by atoms with Crippen LogP contribution in [-0.2, 0) is 4.74 Å². The molecule has 0 aromatic carbocycles. The molecule has 1 aromatic rings. The second-order valence-electron chi connectivity index (χ2n) is 3.46. The van der Waals surface area contributed by atoms with Crippen LogP contribution in [0.4, 0.5) is 5.69 Å². The zero-order valence-electron chi connectivity index (χ0n) is 10.5. The molecule has 0 aliphatic rings. The van der Waals surface area contributed by atoms with E-state index < -0.39 is 5.97 Å². The minimum atomic E-state index is -0.511. The highest BCUT2D eigenvalue weighted by Crippen LogP contribution is 2.37. The van der Waals surface area contributed by atoms with E-state index in [2.05, 4.69) is 10.1 Å². The average Bonchev–Trinajstić information content (AvgIpc) is 2.72. The van der Waals surface area contributed by atoms with Crippen molar-refractivity contribution in [3.05, 3.63) is 10.4 Å². The molecule has 0 aliphatic heterocycles. The van der Waals surface area contributed by atoms with Gasteiger partial charge in [0, 0.05) is 6.54 Å². The first-order valence-electron chi connectivity index (χ1n) is 5.39.